The Morgan fingerprint density at radius 3 is 2.45 bits per heavy atom. The van der Waals surface area contributed by atoms with Crippen molar-refractivity contribution in [3.63, 3.8) is 0 Å². The number of morpholine rings is 1. The molecule has 1 atom stereocenters. The number of rotatable bonds is 6. The van der Waals surface area contributed by atoms with E-state index in [1.54, 1.807) is 20.8 Å². The Balaban J connectivity index is 2.02. The zero-order chi connectivity index (χ0) is 21.7. The summed E-state index contributed by atoms with van der Waals surface area (Å²) >= 11 is 0. The first-order valence-corrected chi connectivity index (χ1v) is 9.40. The fourth-order valence-corrected chi connectivity index (χ4v) is 3.05. The van der Waals surface area contributed by atoms with Gasteiger partial charge in [0.25, 0.3) is 0 Å². The van der Waals surface area contributed by atoms with E-state index >= 15 is 0 Å². The second-order valence-electron chi connectivity index (χ2n) is 7.98. The van der Waals surface area contributed by atoms with Crippen LogP contribution in [-0.2, 0) is 25.6 Å². The van der Waals surface area contributed by atoms with E-state index in [4.69, 9.17) is 9.47 Å². The maximum atomic E-state index is 13.0. The number of alkyl halides is 3. The van der Waals surface area contributed by atoms with Crippen molar-refractivity contribution in [1.82, 2.24) is 9.80 Å². The molecule has 162 valence electrons. The van der Waals surface area contributed by atoms with Crippen molar-refractivity contribution in [2.75, 3.05) is 32.8 Å². The fraction of sp³-hybridized carbons (Fsp3) is 0.600. The molecule has 6 nitrogen and oxygen atoms in total. The number of amides is 1. The molecule has 0 aliphatic carbocycles. The second-order valence-corrected chi connectivity index (χ2v) is 7.98. The highest BCUT2D eigenvalue weighted by atomic mass is 19.4. The largest absolute Gasteiger partial charge is 0.471 e. The van der Waals surface area contributed by atoms with E-state index in [0.29, 0.717) is 31.1 Å². The first kappa shape index (κ1) is 23.2. The number of esters is 1. The molecule has 0 radical (unpaired) electrons. The van der Waals surface area contributed by atoms with Crippen LogP contribution in [0.5, 0.6) is 0 Å². The lowest BCUT2D eigenvalue weighted by molar-refractivity contribution is -0.190. The molecule has 1 aliphatic rings. The van der Waals surface area contributed by atoms with E-state index in [9.17, 15) is 22.8 Å². The number of hydrogen-bond donors (Lipinski definition) is 0. The molecule has 1 aliphatic heterocycles. The van der Waals surface area contributed by atoms with Crippen LogP contribution in [0.4, 0.5) is 13.2 Å². The van der Waals surface area contributed by atoms with Gasteiger partial charge in [0.2, 0.25) is 0 Å². The number of nitrogens with zero attached hydrogens (tertiary/aromatic N) is 2. The van der Waals surface area contributed by atoms with Gasteiger partial charge in [0.15, 0.2) is 0 Å². The van der Waals surface area contributed by atoms with Gasteiger partial charge in [-0.05, 0) is 26.3 Å². The van der Waals surface area contributed by atoms with Crippen molar-refractivity contribution in [3.05, 3.63) is 35.9 Å². The summed E-state index contributed by atoms with van der Waals surface area (Å²) in [5, 5.41) is 0. The van der Waals surface area contributed by atoms with Gasteiger partial charge in [0.05, 0.1) is 12.7 Å². The Hall–Kier alpha value is -2.13. The molecule has 0 unspecified atom stereocenters. The van der Waals surface area contributed by atoms with Crippen molar-refractivity contribution in [1.29, 1.82) is 0 Å². The van der Waals surface area contributed by atoms with Crippen molar-refractivity contribution in [2.45, 2.75) is 45.2 Å². The lowest BCUT2D eigenvalue weighted by Crippen LogP contribution is -2.52. The second kappa shape index (κ2) is 9.58. The van der Waals surface area contributed by atoms with Crippen LogP contribution in [0.1, 0.15) is 26.3 Å². The normalized spacial score (nSPS) is 18.3. The summed E-state index contributed by atoms with van der Waals surface area (Å²) in [6.45, 7) is 5.62. The quantitative estimate of drug-likeness (QED) is 0.668. The van der Waals surface area contributed by atoms with Crippen LogP contribution in [0, 0.1) is 0 Å². The van der Waals surface area contributed by atoms with Gasteiger partial charge in [-0.2, -0.15) is 13.2 Å². The minimum Gasteiger partial charge on any atom is -0.459 e. The topological polar surface area (TPSA) is 59.1 Å². The third-order valence-corrected chi connectivity index (χ3v) is 4.17. The maximum absolute atomic E-state index is 13.0. The van der Waals surface area contributed by atoms with Crippen molar-refractivity contribution in [3.8, 4) is 0 Å². The first-order valence-electron chi connectivity index (χ1n) is 9.40. The van der Waals surface area contributed by atoms with Crippen LogP contribution < -0.4 is 0 Å². The molecule has 1 amide bonds. The molecule has 1 fully saturated rings. The summed E-state index contributed by atoms with van der Waals surface area (Å²) in [7, 11) is 0. The lowest BCUT2D eigenvalue weighted by atomic mass is 10.2. The van der Waals surface area contributed by atoms with Crippen LogP contribution in [-0.4, -0.2) is 72.3 Å². The van der Waals surface area contributed by atoms with E-state index in [-0.39, 0.29) is 6.54 Å². The third kappa shape index (κ3) is 8.02. The lowest BCUT2D eigenvalue weighted by Gasteiger charge is -2.36. The molecule has 1 saturated heterocycles. The van der Waals surface area contributed by atoms with Gasteiger partial charge >= 0.3 is 18.1 Å². The molecular weight excluding hydrogens is 389 g/mol. The molecule has 1 aromatic carbocycles. The summed E-state index contributed by atoms with van der Waals surface area (Å²) in [6, 6.07) is 9.66. The first-order chi connectivity index (χ1) is 13.4. The summed E-state index contributed by atoms with van der Waals surface area (Å²) in [5.41, 5.74) is 0.211. The number of ether oxygens (including phenoxy) is 2. The van der Waals surface area contributed by atoms with Gasteiger partial charge in [-0.15, -0.1) is 0 Å². The Bertz CT molecular complexity index is 689. The zero-order valence-electron chi connectivity index (χ0n) is 16.9. The summed E-state index contributed by atoms with van der Waals surface area (Å²) < 4.78 is 49.7. The molecule has 9 heteroatoms. The van der Waals surface area contributed by atoms with Crippen molar-refractivity contribution < 1.29 is 32.2 Å². The molecule has 0 bridgehead atoms. The molecule has 29 heavy (non-hydrogen) atoms. The summed E-state index contributed by atoms with van der Waals surface area (Å²) in [4.78, 5) is 26.4. The number of benzene rings is 1. The van der Waals surface area contributed by atoms with E-state index < -0.39 is 36.3 Å². The molecule has 1 aromatic rings. The van der Waals surface area contributed by atoms with Gasteiger partial charge in [0, 0.05) is 26.2 Å². The monoisotopic (exact) mass is 416 g/mol. The van der Waals surface area contributed by atoms with Crippen molar-refractivity contribution >= 4 is 11.9 Å². The standard InChI is InChI=1S/C20H27F3N2O4/c1-19(2,3)29-17(26)14-25(18(27)20(21,22)23)13-16-12-24(9-10-28-16)11-15-7-5-4-6-8-15/h4-8,16H,9-14H2,1-3H3/t16-/m1/s1. The van der Waals surface area contributed by atoms with Gasteiger partial charge < -0.3 is 14.4 Å². The van der Waals surface area contributed by atoms with Crippen LogP contribution in [0.15, 0.2) is 30.3 Å². The smallest absolute Gasteiger partial charge is 0.459 e. The van der Waals surface area contributed by atoms with Gasteiger partial charge in [-0.1, -0.05) is 30.3 Å². The van der Waals surface area contributed by atoms with E-state index in [1.807, 2.05) is 35.2 Å². The average Bonchev–Trinajstić information content (AvgIpc) is 2.59. The van der Waals surface area contributed by atoms with E-state index in [2.05, 4.69) is 0 Å². The van der Waals surface area contributed by atoms with E-state index in [0.717, 1.165) is 5.56 Å². The Labute approximate surface area is 168 Å². The molecule has 1 heterocycles. The highest BCUT2D eigenvalue weighted by Crippen LogP contribution is 2.20. The van der Waals surface area contributed by atoms with Gasteiger partial charge in [-0.3, -0.25) is 14.5 Å². The predicted octanol–water partition coefficient (Wildman–Crippen LogP) is 2.62. The summed E-state index contributed by atoms with van der Waals surface area (Å²) in [6.07, 6.45) is -5.72. The molecule has 0 spiro atoms. The van der Waals surface area contributed by atoms with Gasteiger partial charge in [0.1, 0.15) is 12.1 Å². The Kier molecular flexibility index (Phi) is 7.65. The number of carbonyl (C=O) groups excluding carboxylic acids is 2. The van der Waals surface area contributed by atoms with Crippen LogP contribution in [0.3, 0.4) is 0 Å². The molecule has 0 aromatic heterocycles. The molecule has 0 saturated carbocycles. The number of halogens is 3. The molecule has 2 rings (SSSR count). The van der Waals surface area contributed by atoms with Crippen LogP contribution in [0.25, 0.3) is 0 Å². The van der Waals surface area contributed by atoms with Crippen molar-refractivity contribution in [2.24, 2.45) is 0 Å². The Morgan fingerprint density at radius 2 is 1.86 bits per heavy atom. The minimum absolute atomic E-state index is 0.331. The molecular formula is C20H27F3N2O4. The van der Waals surface area contributed by atoms with Gasteiger partial charge in [-0.25, -0.2) is 0 Å². The number of carbonyl (C=O) groups is 2. The number of hydrogen-bond acceptors (Lipinski definition) is 5. The third-order valence-electron chi connectivity index (χ3n) is 4.17. The maximum Gasteiger partial charge on any atom is 0.471 e. The predicted molar refractivity (Wildman–Crippen MR) is 99.9 cm³/mol. The minimum atomic E-state index is -5.08. The van der Waals surface area contributed by atoms with Crippen LogP contribution in [0.2, 0.25) is 0 Å². The fourth-order valence-electron chi connectivity index (χ4n) is 3.05. The van der Waals surface area contributed by atoms with E-state index in [1.165, 1.54) is 0 Å². The Morgan fingerprint density at radius 1 is 1.21 bits per heavy atom. The highest BCUT2D eigenvalue weighted by molar-refractivity contribution is 5.86. The zero-order valence-corrected chi connectivity index (χ0v) is 16.9. The summed E-state index contributed by atoms with van der Waals surface area (Å²) in [5.74, 6) is -2.97. The average molecular weight is 416 g/mol. The highest BCUT2D eigenvalue weighted by Gasteiger charge is 2.44. The SMILES string of the molecule is CC(C)(C)OC(=O)CN(C[C@H]1CN(Cc2ccccc2)CCO1)C(=O)C(F)(F)F. The molecule has 0 N–H and O–H groups in total. The van der Waals surface area contributed by atoms with Crippen LogP contribution >= 0.6 is 0 Å².